The van der Waals surface area contributed by atoms with Crippen molar-refractivity contribution in [3.05, 3.63) is 53.2 Å². The van der Waals surface area contributed by atoms with E-state index in [9.17, 15) is 4.79 Å². The number of benzene rings is 1. The van der Waals surface area contributed by atoms with Crippen LogP contribution in [0.4, 0.5) is 0 Å². The van der Waals surface area contributed by atoms with Crippen LogP contribution in [-0.4, -0.2) is 42.9 Å². The molecule has 0 spiro atoms. The molecule has 1 N–H and O–H groups in total. The average Bonchev–Trinajstić information content (AvgIpc) is 3.22. The first kappa shape index (κ1) is 29.9. The van der Waals surface area contributed by atoms with E-state index in [-0.39, 0.29) is 41.0 Å². The molecule has 7 nitrogen and oxygen atoms in total. The second kappa shape index (κ2) is 12.0. The van der Waals surface area contributed by atoms with E-state index in [0.717, 1.165) is 16.9 Å². The maximum atomic E-state index is 13.2. The van der Waals surface area contributed by atoms with E-state index in [1.165, 1.54) is 5.56 Å². The number of hydrogen-bond acceptors (Lipinski definition) is 7. The minimum absolute atomic E-state index is 0.0137. The molecule has 0 amide bonds. The van der Waals surface area contributed by atoms with Crippen molar-refractivity contribution in [1.82, 2.24) is 10.3 Å². The molecule has 1 aliphatic heterocycles. The average molecular weight is 527 g/mol. The molecule has 38 heavy (non-hydrogen) atoms. The quantitative estimate of drug-likeness (QED) is 0.402. The number of carbonyl (C=O) groups excluding carboxylic acids is 1. The highest BCUT2D eigenvalue weighted by atomic mass is 16.5. The number of hydrogen-bond donors (Lipinski definition) is 1. The van der Waals surface area contributed by atoms with Crippen molar-refractivity contribution in [2.45, 2.75) is 98.6 Å². The molecule has 4 atom stereocenters. The van der Waals surface area contributed by atoms with Gasteiger partial charge in [0.15, 0.2) is 0 Å². The number of carbonyl (C=O) groups is 1. The van der Waals surface area contributed by atoms with Gasteiger partial charge in [-0.25, -0.2) is 4.98 Å². The van der Waals surface area contributed by atoms with Gasteiger partial charge in [0, 0.05) is 23.2 Å². The molecule has 0 saturated carbocycles. The molecule has 7 heteroatoms. The van der Waals surface area contributed by atoms with Gasteiger partial charge < -0.3 is 18.9 Å². The number of ether oxygens (including phenoxy) is 4. The third-order valence-corrected chi connectivity index (χ3v) is 7.00. The Hall–Kier alpha value is -2.64. The van der Waals surface area contributed by atoms with E-state index < -0.39 is 6.04 Å². The lowest BCUT2D eigenvalue weighted by Crippen LogP contribution is -2.44. The molecular formula is C31H46N2O5. The molecule has 1 aliphatic rings. The van der Waals surface area contributed by atoms with E-state index in [2.05, 4.69) is 64.0 Å². The van der Waals surface area contributed by atoms with Crippen LogP contribution in [0.5, 0.6) is 11.6 Å². The van der Waals surface area contributed by atoms with Crippen LogP contribution >= 0.6 is 0 Å². The van der Waals surface area contributed by atoms with Crippen LogP contribution in [-0.2, 0) is 26.3 Å². The molecule has 0 unspecified atom stereocenters. The molecule has 2 heterocycles. The van der Waals surface area contributed by atoms with Crippen LogP contribution in [0, 0.1) is 11.3 Å². The highest BCUT2D eigenvalue weighted by molar-refractivity contribution is 5.77. The van der Waals surface area contributed by atoms with E-state index in [4.69, 9.17) is 18.9 Å². The summed E-state index contributed by atoms with van der Waals surface area (Å²) < 4.78 is 24.1. The molecule has 2 aromatic rings. The van der Waals surface area contributed by atoms with Crippen LogP contribution in [0.25, 0.3) is 0 Å². The van der Waals surface area contributed by atoms with Crippen molar-refractivity contribution in [2.75, 3.05) is 13.7 Å². The summed E-state index contributed by atoms with van der Waals surface area (Å²) in [5.74, 6) is 0.875. The second-order valence-electron chi connectivity index (χ2n) is 12.4. The third kappa shape index (κ3) is 6.86. The lowest BCUT2D eigenvalue weighted by Gasteiger charge is -2.35. The van der Waals surface area contributed by atoms with Crippen molar-refractivity contribution < 1.29 is 23.7 Å². The summed E-state index contributed by atoms with van der Waals surface area (Å²) in [4.78, 5) is 17.7. The number of nitrogens with one attached hydrogen (secondary N) is 1. The Morgan fingerprint density at radius 2 is 1.82 bits per heavy atom. The largest absolute Gasteiger partial charge is 0.496 e. The summed E-state index contributed by atoms with van der Waals surface area (Å²) in [7, 11) is 1.68. The molecule has 0 radical (unpaired) electrons. The molecule has 0 bridgehead atoms. The summed E-state index contributed by atoms with van der Waals surface area (Å²) in [5.41, 5.74) is 2.76. The number of rotatable bonds is 9. The highest BCUT2D eigenvalue weighted by Crippen LogP contribution is 2.46. The van der Waals surface area contributed by atoms with Gasteiger partial charge >= 0.3 is 5.97 Å². The Kier molecular flexibility index (Phi) is 9.48. The summed E-state index contributed by atoms with van der Waals surface area (Å²) in [6.45, 7) is 19.4. The fraction of sp³-hybridized carbons (Fsp3) is 0.613. The molecule has 0 aliphatic carbocycles. The molecule has 1 saturated heterocycles. The highest BCUT2D eigenvalue weighted by Gasteiger charge is 2.53. The number of pyridine rings is 1. The standard InChI is InChI=1S/C31H46N2O5/c1-11-36-29(34)26-24(31(7,8)9)27(25(33-26)22-13-12-16-32-28(22)38-19(2)3)37-18-20-17-21(30(4,5)6)14-15-23(20)35-10/h12-17,19,24-27,33H,11,18H2,1-10H3/t24-,25+,26+,27+/m1/s1. The van der Waals surface area contributed by atoms with Gasteiger partial charge in [-0.05, 0) is 55.4 Å². The zero-order valence-corrected chi connectivity index (χ0v) is 24.8. The molecule has 210 valence electrons. The predicted molar refractivity (Wildman–Crippen MR) is 150 cm³/mol. The van der Waals surface area contributed by atoms with E-state index >= 15 is 0 Å². The van der Waals surface area contributed by atoms with Crippen molar-refractivity contribution in [3.63, 3.8) is 0 Å². The lowest BCUT2D eigenvalue weighted by molar-refractivity contribution is -0.148. The Bertz CT molecular complexity index is 1090. The maximum absolute atomic E-state index is 13.2. The Morgan fingerprint density at radius 3 is 2.39 bits per heavy atom. The van der Waals surface area contributed by atoms with Crippen LogP contribution < -0.4 is 14.8 Å². The van der Waals surface area contributed by atoms with Gasteiger partial charge in [-0.3, -0.25) is 10.1 Å². The summed E-state index contributed by atoms with van der Waals surface area (Å²) in [6.07, 6.45) is 1.32. The van der Waals surface area contributed by atoms with Crippen LogP contribution in [0.3, 0.4) is 0 Å². The monoisotopic (exact) mass is 526 g/mol. The zero-order chi connectivity index (χ0) is 28.3. The van der Waals surface area contributed by atoms with Gasteiger partial charge in [0.1, 0.15) is 11.8 Å². The topological polar surface area (TPSA) is 78.9 Å². The fourth-order valence-electron chi connectivity index (χ4n) is 5.20. The van der Waals surface area contributed by atoms with Gasteiger partial charge in [0.25, 0.3) is 0 Å². The van der Waals surface area contributed by atoms with Crippen molar-refractivity contribution in [1.29, 1.82) is 0 Å². The van der Waals surface area contributed by atoms with E-state index in [1.807, 2.05) is 39.0 Å². The van der Waals surface area contributed by atoms with Crippen molar-refractivity contribution >= 4 is 5.97 Å². The smallest absolute Gasteiger partial charge is 0.323 e. The number of methoxy groups -OCH3 is 1. The number of esters is 1. The van der Waals surface area contributed by atoms with E-state index in [1.54, 1.807) is 13.3 Å². The van der Waals surface area contributed by atoms with Gasteiger partial charge in [-0.1, -0.05) is 53.7 Å². The second-order valence-corrected chi connectivity index (χ2v) is 12.4. The van der Waals surface area contributed by atoms with Crippen molar-refractivity contribution in [2.24, 2.45) is 11.3 Å². The Morgan fingerprint density at radius 1 is 1.11 bits per heavy atom. The third-order valence-electron chi connectivity index (χ3n) is 7.00. The van der Waals surface area contributed by atoms with Crippen LogP contribution in [0.15, 0.2) is 36.5 Å². The first-order valence-corrected chi connectivity index (χ1v) is 13.6. The van der Waals surface area contributed by atoms with Gasteiger partial charge in [0.05, 0.1) is 38.6 Å². The Labute approximate surface area is 228 Å². The zero-order valence-electron chi connectivity index (χ0n) is 24.8. The van der Waals surface area contributed by atoms with Gasteiger partial charge in [0.2, 0.25) is 5.88 Å². The first-order chi connectivity index (χ1) is 17.8. The summed E-state index contributed by atoms with van der Waals surface area (Å²) >= 11 is 0. The van der Waals surface area contributed by atoms with Gasteiger partial charge in [-0.2, -0.15) is 0 Å². The normalized spacial score (nSPS) is 22.0. The predicted octanol–water partition coefficient (Wildman–Crippen LogP) is 6.00. The molecule has 1 fully saturated rings. The summed E-state index contributed by atoms with van der Waals surface area (Å²) in [5, 5.41) is 3.56. The minimum atomic E-state index is -0.542. The fourth-order valence-corrected chi connectivity index (χ4v) is 5.20. The first-order valence-electron chi connectivity index (χ1n) is 13.6. The Balaban J connectivity index is 2.07. The van der Waals surface area contributed by atoms with E-state index in [0.29, 0.717) is 19.1 Å². The summed E-state index contributed by atoms with van der Waals surface area (Å²) in [6, 6.07) is 9.27. The number of nitrogens with zero attached hydrogens (tertiary/aromatic N) is 1. The van der Waals surface area contributed by atoms with Crippen LogP contribution in [0.1, 0.15) is 85.0 Å². The minimum Gasteiger partial charge on any atom is -0.496 e. The lowest BCUT2D eigenvalue weighted by atomic mass is 9.73. The van der Waals surface area contributed by atoms with Gasteiger partial charge in [-0.15, -0.1) is 0 Å². The molecule has 1 aromatic heterocycles. The molecule has 3 rings (SSSR count). The maximum Gasteiger partial charge on any atom is 0.323 e. The number of aromatic nitrogens is 1. The molecular weight excluding hydrogens is 480 g/mol. The SMILES string of the molecule is CCOC(=O)[C@H]1N[C@@H](c2cccnc2OC(C)C)[C@@H](OCc2cc(C(C)(C)C)ccc2OC)[C@@H]1C(C)(C)C. The van der Waals surface area contributed by atoms with Crippen molar-refractivity contribution in [3.8, 4) is 11.6 Å². The molecule has 1 aromatic carbocycles. The van der Waals surface area contributed by atoms with Crippen LogP contribution in [0.2, 0.25) is 0 Å².